The van der Waals surface area contributed by atoms with Crippen molar-refractivity contribution in [2.24, 2.45) is 0 Å². The van der Waals surface area contributed by atoms with Crippen LogP contribution in [0.2, 0.25) is 0 Å². The minimum atomic E-state index is 0.229. The van der Waals surface area contributed by atoms with Crippen LogP contribution in [0.15, 0.2) is 12.1 Å². The highest BCUT2D eigenvalue weighted by Crippen LogP contribution is 2.16. The fraction of sp³-hybridized carbons (Fsp3) is 0.615. The molecule has 0 aliphatic carbocycles. The summed E-state index contributed by atoms with van der Waals surface area (Å²) in [5.41, 5.74) is 0. The van der Waals surface area contributed by atoms with Crippen LogP contribution in [0.3, 0.4) is 0 Å². The predicted molar refractivity (Wildman–Crippen MR) is 74.2 cm³/mol. The molecule has 0 spiro atoms. The molecule has 1 aromatic rings. The minimum Gasteiger partial charge on any atom is -0.315 e. The molecule has 0 aromatic carbocycles. The van der Waals surface area contributed by atoms with Crippen molar-refractivity contribution >= 4 is 17.1 Å². The molecular weight excluding hydrogens is 218 g/mol. The molecule has 1 heterocycles. The van der Waals surface area contributed by atoms with Crippen LogP contribution in [0.25, 0.3) is 0 Å². The molecule has 0 atom stereocenters. The zero-order valence-electron chi connectivity index (χ0n) is 11.4. The van der Waals surface area contributed by atoms with Crippen LogP contribution in [0, 0.1) is 0 Å². The summed E-state index contributed by atoms with van der Waals surface area (Å²) in [4.78, 5) is 13.2. The van der Waals surface area contributed by atoms with Gasteiger partial charge < -0.3 is 5.32 Å². The van der Waals surface area contributed by atoms with Crippen molar-refractivity contribution in [1.29, 1.82) is 0 Å². The lowest BCUT2D eigenvalue weighted by Gasteiger charge is -1.92. The maximum atomic E-state index is 10.8. The molecule has 0 saturated carbocycles. The number of ketones is 1. The number of hydrogen-bond donors (Lipinski definition) is 1. The maximum Gasteiger partial charge on any atom is 0.135 e. The Morgan fingerprint density at radius 2 is 1.69 bits per heavy atom. The van der Waals surface area contributed by atoms with Gasteiger partial charge in [0.25, 0.3) is 0 Å². The second-order valence-electron chi connectivity index (χ2n) is 2.78. The highest BCUT2D eigenvalue weighted by Gasteiger charge is 2.01. The van der Waals surface area contributed by atoms with E-state index in [9.17, 15) is 4.79 Å². The van der Waals surface area contributed by atoms with Crippen molar-refractivity contribution in [1.82, 2.24) is 5.32 Å². The van der Waals surface area contributed by atoms with Gasteiger partial charge >= 0.3 is 0 Å². The van der Waals surface area contributed by atoms with E-state index in [-0.39, 0.29) is 5.78 Å². The summed E-state index contributed by atoms with van der Waals surface area (Å²) < 4.78 is 0. The third kappa shape index (κ3) is 8.62. The Hall–Kier alpha value is -0.670. The Bertz CT molecular complexity index is 269. The fourth-order valence-electron chi connectivity index (χ4n) is 1.03. The van der Waals surface area contributed by atoms with E-state index in [1.165, 1.54) is 4.88 Å². The molecule has 0 aliphatic rings. The fourth-order valence-corrected chi connectivity index (χ4v) is 2.13. The summed E-state index contributed by atoms with van der Waals surface area (Å²) in [5, 5.41) is 3.08. The molecule has 0 fully saturated rings. The van der Waals surface area contributed by atoms with Crippen LogP contribution in [0.5, 0.6) is 0 Å². The molecule has 3 heteroatoms. The second kappa shape index (κ2) is 12.4. The summed E-state index contributed by atoms with van der Waals surface area (Å²) in [5.74, 6) is 0.229. The smallest absolute Gasteiger partial charge is 0.135 e. The van der Waals surface area contributed by atoms with E-state index in [2.05, 4.69) is 11.4 Å². The first-order chi connectivity index (χ1) is 7.72. The topological polar surface area (TPSA) is 29.1 Å². The maximum absolute atomic E-state index is 10.8. The lowest BCUT2D eigenvalue weighted by Crippen LogP contribution is -2.02. The van der Waals surface area contributed by atoms with Crippen molar-refractivity contribution < 1.29 is 4.79 Å². The van der Waals surface area contributed by atoms with E-state index in [0.717, 1.165) is 11.4 Å². The molecule has 1 rings (SSSR count). The van der Waals surface area contributed by atoms with Crippen molar-refractivity contribution in [2.45, 2.75) is 47.6 Å². The van der Waals surface area contributed by atoms with Crippen molar-refractivity contribution in [2.75, 3.05) is 7.05 Å². The van der Waals surface area contributed by atoms with Gasteiger partial charge in [0.2, 0.25) is 0 Å². The van der Waals surface area contributed by atoms with Crippen LogP contribution >= 0.6 is 11.3 Å². The van der Waals surface area contributed by atoms with Gasteiger partial charge in [-0.15, -0.1) is 11.3 Å². The molecule has 0 saturated heterocycles. The largest absolute Gasteiger partial charge is 0.315 e. The number of rotatable bonds is 4. The van der Waals surface area contributed by atoms with Crippen LogP contribution < -0.4 is 5.32 Å². The third-order valence-corrected chi connectivity index (χ3v) is 2.58. The highest BCUT2D eigenvalue weighted by atomic mass is 32.1. The van der Waals surface area contributed by atoms with Crippen LogP contribution in [-0.4, -0.2) is 12.8 Å². The van der Waals surface area contributed by atoms with Crippen molar-refractivity contribution in [3.63, 3.8) is 0 Å². The van der Waals surface area contributed by atoms with Gasteiger partial charge in [-0.05, 0) is 26.1 Å². The van der Waals surface area contributed by atoms with Gasteiger partial charge in [0.15, 0.2) is 0 Å². The molecule has 2 nitrogen and oxygen atoms in total. The number of nitrogens with one attached hydrogen (secondary N) is 1. The van der Waals surface area contributed by atoms with Gasteiger partial charge in [0, 0.05) is 22.7 Å². The third-order valence-electron chi connectivity index (χ3n) is 1.49. The average Bonchev–Trinajstić information content (AvgIpc) is 2.71. The minimum absolute atomic E-state index is 0.229. The monoisotopic (exact) mass is 243 g/mol. The number of thiophene rings is 1. The Morgan fingerprint density at radius 1 is 1.19 bits per heavy atom. The van der Waals surface area contributed by atoms with Gasteiger partial charge in [0.05, 0.1) is 0 Å². The van der Waals surface area contributed by atoms with Crippen LogP contribution in [0.4, 0.5) is 0 Å². The zero-order chi connectivity index (χ0) is 13.0. The van der Waals surface area contributed by atoms with Crippen LogP contribution in [-0.2, 0) is 17.8 Å². The molecule has 0 unspecified atom stereocenters. The van der Waals surface area contributed by atoms with Gasteiger partial charge in [-0.25, -0.2) is 0 Å². The number of hydrogen-bond acceptors (Lipinski definition) is 3. The molecule has 0 bridgehead atoms. The molecule has 0 aliphatic heterocycles. The SMILES string of the molecule is CC.CC.CNCc1ccc(CC(C)=O)s1. The first-order valence-electron chi connectivity index (χ1n) is 5.94. The number of carbonyl (C=O) groups is 1. The summed E-state index contributed by atoms with van der Waals surface area (Å²) >= 11 is 1.70. The summed E-state index contributed by atoms with van der Waals surface area (Å²) in [6, 6.07) is 4.10. The summed E-state index contributed by atoms with van der Waals surface area (Å²) in [6.07, 6.45) is 0.578. The lowest BCUT2D eigenvalue weighted by atomic mass is 10.3. The van der Waals surface area contributed by atoms with E-state index in [4.69, 9.17) is 0 Å². The van der Waals surface area contributed by atoms with Crippen LogP contribution in [0.1, 0.15) is 44.4 Å². The number of Topliss-reactive ketones (excluding diaryl/α,β-unsaturated/α-hetero) is 1. The molecule has 94 valence electrons. The van der Waals surface area contributed by atoms with E-state index < -0.39 is 0 Å². The molecular formula is C13H25NOS. The van der Waals surface area contributed by atoms with Gasteiger partial charge in [0.1, 0.15) is 5.78 Å². The zero-order valence-corrected chi connectivity index (χ0v) is 12.2. The molecule has 16 heavy (non-hydrogen) atoms. The molecule has 0 amide bonds. The molecule has 1 N–H and O–H groups in total. The Labute approximate surface area is 104 Å². The first kappa shape index (κ1) is 17.7. The van der Waals surface area contributed by atoms with Gasteiger partial charge in [-0.1, -0.05) is 27.7 Å². The number of carbonyl (C=O) groups excluding carboxylic acids is 1. The first-order valence-corrected chi connectivity index (χ1v) is 6.75. The van der Waals surface area contributed by atoms with E-state index in [1.807, 2.05) is 40.8 Å². The normalized spacial score (nSPS) is 8.38. The summed E-state index contributed by atoms with van der Waals surface area (Å²) in [6.45, 7) is 10.5. The highest BCUT2D eigenvalue weighted by molar-refractivity contribution is 7.12. The predicted octanol–water partition coefficient (Wildman–Crippen LogP) is 3.65. The molecule has 1 aromatic heterocycles. The molecule has 0 radical (unpaired) electrons. The van der Waals surface area contributed by atoms with E-state index in [0.29, 0.717) is 6.42 Å². The Kier molecular flexibility index (Phi) is 13.7. The second-order valence-corrected chi connectivity index (χ2v) is 4.03. The van der Waals surface area contributed by atoms with Gasteiger partial charge in [-0.2, -0.15) is 0 Å². The standard InChI is InChI=1S/C9H13NOS.2C2H6/c1-7(11)5-8-3-4-9(12-8)6-10-2;2*1-2/h3-4,10H,5-6H2,1-2H3;2*1-2H3. The van der Waals surface area contributed by atoms with E-state index in [1.54, 1.807) is 18.3 Å². The van der Waals surface area contributed by atoms with E-state index >= 15 is 0 Å². The van der Waals surface area contributed by atoms with Crippen molar-refractivity contribution in [3.05, 3.63) is 21.9 Å². The van der Waals surface area contributed by atoms with Crippen molar-refractivity contribution in [3.8, 4) is 0 Å². The lowest BCUT2D eigenvalue weighted by molar-refractivity contribution is -0.116. The average molecular weight is 243 g/mol. The Morgan fingerprint density at radius 3 is 2.12 bits per heavy atom. The quantitative estimate of drug-likeness (QED) is 0.874. The Balaban J connectivity index is 0. The van der Waals surface area contributed by atoms with Gasteiger partial charge in [-0.3, -0.25) is 4.79 Å². The summed E-state index contributed by atoms with van der Waals surface area (Å²) in [7, 11) is 1.92.